The van der Waals surface area contributed by atoms with Gasteiger partial charge in [0.05, 0.1) is 12.1 Å². The number of aromatic nitrogens is 2. The predicted molar refractivity (Wildman–Crippen MR) is 160 cm³/mol. The number of ether oxygens (including phenoxy) is 1. The number of fused-ring (bicyclic) bond motifs is 1. The van der Waals surface area contributed by atoms with Crippen molar-refractivity contribution in [2.75, 3.05) is 33.2 Å². The fraction of sp³-hybridized carbons (Fsp3) is 0.367. The molecule has 1 saturated carbocycles. The molecule has 2 aromatic heterocycles. The smallest absolute Gasteiger partial charge is 0.266 e. The Morgan fingerprint density at radius 2 is 1.79 bits per heavy atom. The maximum atomic E-state index is 14.2. The van der Waals surface area contributed by atoms with Crippen LogP contribution in [0.25, 0.3) is 21.2 Å². The summed E-state index contributed by atoms with van der Waals surface area (Å²) in [6.45, 7) is 0.423. The van der Waals surface area contributed by atoms with Gasteiger partial charge in [0, 0.05) is 66.3 Å². The predicted octanol–water partition coefficient (Wildman–Crippen LogP) is 6.26. The molecule has 1 amide bonds. The molecular weight excluding hydrogens is 530 g/mol. The maximum Gasteiger partial charge on any atom is 0.266 e. The van der Waals surface area contributed by atoms with Gasteiger partial charge in [-0.2, -0.15) is 0 Å². The molecule has 0 unspecified atom stereocenters. The van der Waals surface area contributed by atoms with Gasteiger partial charge in [0.15, 0.2) is 0 Å². The molecular formula is C30H34ClN5O2S. The number of anilines is 1. The van der Waals surface area contributed by atoms with Crippen LogP contribution in [-0.2, 0) is 6.54 Å². The number of hydrogen-bond donors (Lipinski definition) is 1. The quantitative estimate of drug-likeness (QED) is 0.273. The second-order valence-corrected chi connectivity index (χ2v) is 11.6. The number of carbonyl (C=O) groups is 1. The lowest BCUT2D eigenvalue weighted by atomic mass is 9.89. The minimum absolute atomic E-state index is 0.0276. The van der Waals surface area contributed by atoms with Gasteiger partial charge in [-0.3, -0.25) is 4.79 Å². The van der Waals surface area contributed by atoms with Gasteiger partial charge in [-0.05, 0) is 56.5 Å². The number of methoxy groups -OCH3 is 1. The summed E-state index contributed by atoms with van der Waals surface area (Å²) in [5.41, 5.74) is 2.82. The first-order valence-electron chi connectivity index (χ1n) is 13.2. The minimum Gasteiger partial charge on any atom is -0.496 e. The molecule has 2 heterocycles. The summed E-state index contributed by atoms with van der Waals surface area (Å²) in [4.78, 5) is 27.6. The Balaban J connectivity index is 1.51. The molecule has 1 fully saturated rings. The first-order valence-corrected chi connectivity index (χ1v) is 14.4. The first kappa shape index (κ1) is 27.4. The van der Waals surface area contributed by atoms with Crippen LogP contribution >= 0.6 is 22.9 Å². The molecule has 0 radical (unpaired) electrons. The molecule has 0 spiro atoms. The van der Waals surface area contributed by atoms with Gasteiger partial charge < -0.3 is 19.9 Å². The van der Waals surface area contributed by atoms with Crippen molar-refractivity contribution >= 4 is 44.9 Å². The standard InChI is InChI=1S/C30H34ClN5O2S/c1-32-22-10-12-23(13-11-22)36(29(37)28-27(31)24-7-5-6-8-26(24)39-28)18-20-15-19(9-14-25(20)38-4)21-16-33-30(34-17-21)35(2)3/h5-9,14-17,22-23,32H,10-13,18H2,1-4H3/t22-,23-. The number of nitrogens with zero attached hydrogens (tertiary/aromatic N) is 4. The third-order valence-electron chi connectivity index (χ3n) is 7.53. The Labute approximate surface area is 238 Å². The number of benzene rings is 2. The summed E-state index contributed by atoms with van der Waals surface area (Å²) in [7, 11) is 7.51. The van der Waals surface area contributed by atoms with Crippen LogP contribution in [0.2, 0.25) is 5.02 Å². The van der Waals surface area contributed by atoms with Crippen molar-refractivity contribution in [1.82, 2.24) is 20.2 Å². The number of thiophene rings is 1. The van der Waals surface area contributed by atoms with Crippen molar-refractivity contribution in [3.63, 3.8) is 0 Å². The zero-order valence-electron chi connectivity index (χ0n) is 22.8. The average molecular weight is 564 g/mol. The molecule has 0 bridgehead atoms. The highest BCUT2D eigenvalue weighted by molar-refractivity contribution is 7.21. The van der Waals surface area contributed by atoms with E-state index in [4.69, 9.17) is 16.3 Å². The Kier molecular flexibility index (Phi) is 8.35. The Morgan fingerprint density at radius 1 is 1.08 bits per heavy atom. The highest BCUT2D eigenvalue weighted by Crippen LogP contribution is 2.38. The Bertz CT molecular complexity index is 1450. The van der Waals surface area contributed by atoms with E-state index in [1.54, 1.807) is 7.11 Å². The van der Waals surface area contributed by atoms with Crippen molar-refractivity contribution in [3.05, 3.63) is 70.3 Å². The Hall–Kier alpha value is -3.20. The fourth-order valence-electron chi connectivity index (χ4n) is 5.29. The fourth-order valence-corrected chi connectivity index (χ4v) is 6.76. The van der Waals surface area contributed by atoms with Gasteiger partial charge >= 0.3 is 0 Å². The van der Waals surface area contributed by atoms with Crippen LogP contribution in [0.1, 0.15) is 40.9 Å². The molecule has 39 heavy (non-hydrogen) atoms. The summed E-state index contributed by atoms with van der Waals surface area (Å²) in [5, 5.41) is 4.86. The second-order valence-electron chi connectivity index (χ2n) is 10.2. The molecule has 4 aromatic rings. The van der Waals surface area contributed by atoms with Gasteiger partial charge in [-0.1, -0.05) is 35.9 Å². The van der Waals surface area contributed by atoms with Crippen molar-refractivity contribution in [1.29, 1.82) is 0 Å². The first-order chi connectivity index (χ1) is 18.9. The van der Waals surface area contributed by atoms with Crippen LogP contribution in [-0.4, -0.2) is 61.1 Å². The van der Waals surface area contributed by atoms with E-state index < -0.39 is 0 Å². The summed E-state index contributed by atoms with van der Waals surface area (Å²) in [6, 6.07) is 14.6. The normalized spacial score (nSPS) is 17.3. The van der Waals surface area contributed by atoms with E-state index in [0.29, 0.717) is 28.4 Å². The number of nitrogens with one attached hydrogen (secondary N) is 1. The molecule has 5 rings (SSSR count). The van der Waals surface area contributed by atoms with Crippen LogP contribution in [0.4, 0.5) is 5.95 Å². The third kappa shape index (κ3) is 5.73. The molecule has 204 valence electrons. The molecule has 1 aliphatic rings. The summed E-state index contributed by atoms with van der Waals surface area (Å²) in [6.07, 6.45) is 7.57. The van der Waals surface area contributed by atoms with Crippen molar-refractivity contribution in [2.24, 2.45) is 0 Å². The van der Waals surface area contributed by atoms with E-state index in [2.05, 4.69) is 21.4 Å². The molecule has 0 aliphatic heterocycles. The lowest BCUT2D eigenvalue weighted by molar-refractivity contribution is 0.0604. The van der Waals surface area contributed by atoms with Gasteiger partial charge in [0.1, 0.15) is 10.6 Å². The molecule has 2 aromatic carbocycles. The molecule has 0 atom stereocenters. The van der Waals surface area contributed by atoms with E-state index in [-0.39, 0.29) is 11.9 Å². The number of amides is 1. The van der Waals surface area contributed by atoms with Gasteiger partial charge in [-0.15, -0.1) is 11.3 Å². The van der Waals surface area contributed by atoms with Gasteiger partial charge in [-0.25, -0.2) is 9.97 Å². The van der Waals surface area contributed by atoms with E-state index in [9.17, 15) is 4.79 Å². The number of hydrogen-bond acceptors (Lipinski definition) is 7. The Morgan fingerprint density at radius 3 is 2.44 bits per heavy atom. The maximum absolute atomic E-state index is 14.2. The number of carbonyl (C=O) groups excluding carboxylic acids is 1. The van der Waals surface area contributed by atoms with Crippen molar-refractivity contribution in [2.45, 2.75) is 44.3 Å². The highest BCUT2D eigenvalue weighted by Gasteiger charge is 2.32. The summed E-state index contributed by atoms with van der Waals surface area (Å²) in [5.74, 6) is 1.37. The van der Waals surface area contributed by atoms with Crippen LogP contribution in [0, 0.1) is 0 Å². The van der Waals surface area contributed by atoms with Gasteiger partial charge in [0.2, 0.25) is 5.95 Å². The van der Waals surface area contributed by atoms with Gasteiger partial charge in [0.25, 0.3) is 5.91 Å². The second kappa shape index (κ2) is 11.9. The molecule has 0 saturated heterocycles. The van der Waals surface area contributed by atoms with E-state index >= 15 is 0 Å². The van der Waals surface area contributed by atoms with Crippen molar-refractivity contribution in [3.8, 4) is 16.9 Å². The van der Waals surface area contributed by atoms with E-state index in [0.717, 1.165) is 58.2 Å². The minimum atomic E-state index is -0.0276. The molecule has 9 heteroatoms. The lowest BCUT2D eigenvalue weighted by Gasteiger charge is -2.37. The summed E-state index contributed by atoms with van der Waals surface area (Å²) >= 11 is 8.26. The SMILES string of the molecule is CN[C@H]1CC[C@H](N(Cc2cc(-c3cnc(N(C)C)nc3)ccc2OC)C(=O)c2sc3ccccc3c2Cl)CC1. The number of rotatable bonds is 8. The molecule has 1 N–H and O–H groups in total. The topological polar surface area (TPSA) is 70.6 Å². The zero-order valence-corrected chi connectivity index (χ0v) is 24.4. The average Bonchev–Trinajstić information content (AvgIpc) is 3.32. The summed E-state index contributed by atoms with van der Waals surface area (Å²) < 4.78 is 6.78. The van der Waals surface area contributed by atoms with Crippen LogP contribution < -0.4 is 15.0 Å². The van der Waals surface area contributed by atoms with Crippen molar-refractivity contribution < 1.29 is 9.53 Å². The third-order valence-corrected chi connectivity index (χ3v) is 9.19. The number of halogens is 1. The molecule has 7 nitrogen and oxygen atoms in total. The van der Waals surface area contributed by atoms with E-state index in [1.807, 2.05) is 79.7 Å². The molecule has 1 aliphatic carbocycles. The monoisotopic (exact) mass is 563 g/mol. The van der Waals surface area contributed by atoms with Crippen LogP contribution in [0.15, 0.2) is 54.9 Å². The zero-order chi connectivity index (χ0) is 27.5. The largest absolute Gasteiger partial charge is 0.496 e. The highest BCUT2D eigenvalue weighted by atomic mass is 35.5. The van der Waals surface area contributed by atoms with E-state index in [1.165, 1.54) is 11.3 Å². The lowest BCUT2D eigenvalue weighted by Crippen LogP contribution is -2.44. The van der Waals surface area contributed by atoms with Crippen LogP contribution in [0.5, 0.6) is 5.75 Å². The van der Waals surface area contributed by atoms with Crippen LogP contribution in [0.3, 0.4) is 0 Å².